The number of esters is 1. The SMILES string of the molecule is O=C1CC[C@H](C(=O)OCc2nc(-c3ccc(F)cc3)no2)N1. The molecule has 0 saturated carbocycles. The minimum absolute atomic E-state index is 0.122. The first-order valence-corrected chi connectivity index (χ1v) is 6.66. The van der Waals surface area contributed by atoms with Crippen molar-refractivity contribution in [1.82, 2.24) is 15.5 Å². The van der Waals surface area contributed by atoms with Gasteiger partial charge in [-0.05, 0) is 30.7 Å². The molecule has 1 saturated heterocycles. The minimum atomic E-state index is -0.619. The van der Waals surface area contributed by atoms with Crippen LogP contribution >= 0.6 is 0 Å². The third-order valence-corrected chi connectivity index (χ3v) is 3.19. The van der Waals surface area contributed by atoms with Crippen molar-refractivity contribution in [2.75, 3.05) is 0 Å². The molecule has 1 amide bonds. The Morgan fingerprint density at radius 2 is 2.18 bits per heavy atom. The van der Waals surface area contributed by atoms with E-state index in [-0.39, 0.29) is 30.0 Å². The van der Waals surface area contributed by atoms with Gasteiger partial charge in [-0.25, -0.2) is 9.18 Å². The van der Waals surface area contributed by atoms with Crippen LogP contribution in [0.15, 0.2) is 28.8 Å². The van der Waals surface area contributed by atoms with E-state index in [2.05, 4.69) is 15.5 Å². The first-order valence-electron chi connectivity index (χ1n) is 6.66. The number of nitrogens with one attached hydrogen (secondary N) is 1. The summed E-state index contributed by atoms with van der Waals surface area (Å²) in [6.45, 7) is -0.181. The Kier molecular flexibility index (Phi) is 3.82. The van der Waals surface area contributed by atoms with E-state index in [1.54, 1.807) is 0 Å². The van der Waals surface area contributed by atoms with Crippen LogP contribution in [0.25, 0.3) is 11.4 Å². The van der Waals surface area contributed by atoms with Crippen LogP contribution in [0.1, 0.15) is 18.7 Å². The summed E-state index contributed by atoms with van der Waals surface area (Å²) in [4.78, 5) is 26.8. The molecule has 0 aliphatic carbocycles. The zero-order valence-corrected chi connectivity index (χ0v) is 11.4. The third kappa shape index (κ3) is 3.11. The maximum absolute atomic E-state index is 12.8. The average Bonchev–Trinajstić information content (AvgIpc) is 3.15. The molecule has 1 fully saturated rings. The van der Waals surface area contributed by atoms with Crippen molar-refractivity contribution in [1.29, 1.82) is 0 Å². The van der Waals surface area contributed by atoms with E-state index in [1.807, 2.05) is 0 Å². The lowest BCUT2D eigenvalue weighted by Gasteiger charge is -2.07. The van der Waals surface area contributed by atoms with Gasteiger partial charge < -0.3 is 14.6 Å². The predicted octanol–water partition coefficient (Wildman–Crippen LogP) is 1.20. The minimum Gasteiger partial charge on any atom is -0.454 e. The Bertz CT molecular complexity index is 698. The van der Waals surface area contributed by atoms with Crippen molar-refractivity contribution in [3.8, 4) is 11.4 Å². The molecule has 2 heterocycles. The number of ether oxygens (including phenoxy) is 1. The number of benzene rings is 1. The molecule has 0 spiro atoms. The summed E-state index contributed by atoms with van der Waals surface area (Å²) in [5.41, 5.74) is 0.589. The highest BCUT2D eigenvalue weighted by Crippen LogP contribution is 2.16. The summed E-state index contributed by atoms with van der Waals surface area (Å²) in [6, 6.07) is 4.99. The highest BCUT2D eigenvalue weighted by atomic mass is 19.1. The molecule has 0 bridgehead atoms. The maximum atomic E-state index is 12.8. The molecule has 8 heteroatoms. The number of hydrogen-bond donors (Lipinski definition) is 1. The molecule has 0 radical (unpaired) electrons. The second-order valence-corrected chi connectivity index (χ2v) is 4.79. The number of hydrogen-bond acceptors (Lipinski definition) is 6. The number of aromatic nitrogens is 2. The monoisotopic (exact) mass is 305 g/mol. The molecule has 1 atom stereocenters. The number of carbonyl (C=O) groups excluding carboxylic acids is 2. The highest BCUT2D eigenvalue weighted by molar-refractivity contribution is 5.87. The van der Waals surface area contributed by atoms with Crippen LogP contribution in [0.4, 0.5) is 4.39 Å². The molecule has 22 heavy (non-hydrogen) atoms. The van der Waals surface area contributed by atoms with Crippen LogP contribution in [-0.2, 0) is 20.9 Å². The second kappa shape index (κ2) is 5.92. The van der Waals surface area contributed by atoms with Crippen LogP contribution < -0.4 is 5.32 Å². The molecule has 1 aromatic heterocycles. The Morgan fingerprint density at radius 3 is 2.86 bits per heavy atom. The van der Waals surface area contributed by atoms with E-state index in [4.69, 9.17) is 9.26 Å². The van der Waals surface area contributed by atoms with Gasteiger partial charge in [0.15, 0.2) is 6.61 Å². The lowest BCUT2D eigenvalue weighted by Crippen LogP contribution is -2.34. The van der Waals surface area contributed by atoms with Gasteiger partial charge in [-0.1, -0.05) is 5.16 Å². The number of nitrogens with zero attached hydrogens (tertiary/aromatic N) is 2. The van der Waals surface area contributed by atoms with E-state index in [0.29, 0.717) is 18.4 Å². The summed E-state index contributed by atoms with van der Waals surface area (Å²) < 4.78 is 22.8. The zero-order valence-electron chi connectivity index (χ0n) is 11.4. The van der Waals surface area contributed by atoms with Gasteiger partial charge in [-0.15, -0.1) is 0 Å². The van der Waals surface area contributed by atoms with Crippen LogP contribution in [-0.4, -0.2) is 28.1 Å². The summed E-state index contributed by atoms with van der Waals surface area (Å²) in [5.74, 6) is -0.664. The first kappa shape index (κ1) is 14.2. The van der Waals surface area contributed by atoms with Crippen LogP contribution in [0.2, 0.25) is 0 Å². The van der Waals surface area contributed by atoms with Crippen molar-refractivity contribution >= 4 is 11.9 Å². The topological polar surface area (TPSA) is 94.3 Å². The van der Waals surface area contributed by atoms with Gasteiger partial charge in [0.25, 0.3) is 5.89 Å². The van der Waals surface area contributed by atoms with Gasteiger partial charge in [0, 0.05) is 12.0 Å². The predicted molar refractivity (Wildman–Crippen MR) is 70.7 cm³/mol. The van der Waals surface area contributed by atoms with Crippen molar-refractivity contribution in [3.63, 3.8) is 0 Å². The molecule has 1 aliphatic rings. The van der Waals surface area contributed by atoms with E-state index in [9.17, 15) is 14.0 Å². The van der Waals surface area contributed by atoms with Crippen LogP contribution in [0.5, 0.6) is 0 Å². The Balaban J connectivity index is 1.59. The van der Waals surface area contributed by atoms with Gasteiger partial charge in [0.1, 0.15) is 11.9 Å². The standard InChI is InChI=1S/C14H12FN3O4/c15-9-3-1-8(2-4-9)13-17-12(22-18-13)7-21-14(20)10-5-6-11(19)16-10/h1-4,10H,5-7H2,(H,16,19)/t10-/m1/s1. The van der Waals surface area contributed by atoms with Crippen LogP contribution in [0.3, 0.4) is 0 Å². The van der Waals surface area contributed by atoms with Crippen molar-refractivity contribution in [2.24, 2.45) is 0 Å². The Hall–Kier alpha value is -2.77. The highest BCUT2D eigenvalue weighted by Gasteiger charge is 2.28. The van der Waals surface area contributed by atoms with Gasteiger partial charge in [0.05, 0.1) is 0 Å². The van der Waals surface area contributed by atoms with Crippen molar-refractivity contribution in [3.05, 3.63) is 36.0 Å². The normalized spacial score (nSPS) is 17.3. The maximum Gasteiger partial charge on any atom is 0.329 e. The number of amides is 1. The quantitative estimate of drug-likeness (QED) is 0.853. The van der Waals surface area contributed by atoms with Gasteiger partial charge in [0.2, 0.25) is 11.7 Å². The summed E-state index contributed by atoms with van der Waals surface area (Å²) >= 11 is 0. The van der Waals surface area contributed by atoms with E-state index in [0.717, 1.165) is 0 Å². The fourth-order valence-corrected chi connectivity index (χ4v) is 2.05. The number of halogens is 1. The largest absolute Gasteiger partial charge is 0.454 e. The lowest BCUT2D eigenvalue weighted by molar-refractivity contribution is -0.148. The third-order valence-electron chi connectivity index (χ3n) is 3.19. The smallest absolute Gasteiger partial charge is 0.329 e. The fourth-order valence-electron chi connectivity index (χ4n) is 2.05. The summed E-state index contributed by atoms with van der Waals surface area (Å²) in [5, 5.41) is 6.24. The van der Waals surface area contributed by atoms with E-state index >= 15 is 0 Å². The number of carbonyl (C=O) groups is 2. The van der Waals surface area contributed by atoms with Crippen molar-refractivity contribution in [2.45, 2.75) is 25.5 Å². The molecule has 3 rings (SSSR count). The molecule has 114 valence electrons. The first-order chi connectivity index (χ1) is 10.6. The molecule has 1 aliphatic heterocycles. The summed E-state index contributed by atoms with van der Waals surface area (Å²) in [6.07, 6.45) is 0.734. The molecule has 2 aromatic rings. The molecule has 1 aromatic carbocycles. The lowest BCUT2D eigenvalue weighted by atomic mass is 10.2. The fraction of sp³-hybridized carbons (Fsp3) is 0.286. The molecule has 0 unspecified atom stereocenters. The zero-order chi connectivity index (χ0) is 15.5. The molecule has 7 nitrogen and oxygen atoms in total. The average molecular weight is 305 g/mol. The Morgan fingerprint density at radius 1 is 1.41 bits per heavy atom. The van der Waals surface area contributed by atoms with Crippen molar-refractivity contribution < 1.29 is 23.2 Å². The van der Waals surface area contributed by atoms with E-state index < -0.39 is 12.0 Å². The van der Waals surface area contributed by atoms with Gasteiger partial charge >= 0.3 is 5.97 Å². The van der Waals surface area contributed by atoms with Crippen LogP contribution in [0, 0.1) is 5.82 Å². The molecule has 1 N–H and O–H groups in total. The Labute approximate surface area is 124 Å². The van der Waals surface area contributed by atoms with Gasteiger partial charge in [-0.3, -0.25) is 4.79 Å². The van der Waals surface area contributed by atoms with Gasteiger partial charge in [-0.2, -0.15) is 4.98 Å². The molecular formula is C14H12FN3O4. The summed E-state index contributed by atoms with van der Waals surface area (Å²) in [7, 11) is 0. The molecular weight excluding hydrogens is 293 g/mol. The number of rotatable bonds is 4. The van der Waals surface area contributed by atoms with E-state index in [1.165, 1.54) is 24.3 Å². The second-order valence-electron chi connectivity index (χ2n) is 4.79.